The van der Waals surface area contributed by atoms with Gasteiger partial charge in [-0.15, -0.1) is 0 Å². The Morgan fingerprint density at radius 2 is 1.68 bits per heavy atom. The number of sulfonamides is 1. The van der Waals surface area contributed by atoms with Gasteiger partial charge in [-0.1, -0.05) is 33.1 Å². The summed E-state index contributed by atoms with van der Waals surface area (Å²) in [6.07, 6.45) is 4.39. The molecule has 0 aromatic heterocycles. The second-order valence-corrected chi connectivity index (χ2v) is 8.94. The summed E-state index contributed by atoms with van der Waals surface area (Å²) in [7, 11) is -3.58. The van der Waals surface area contributed by atoms with Gasteiger partial charge in [0.25, 0.3) is 5.91 Å². The molecule has 1 aromatic carbocycles. The van der Waals surface area contributed by atoms with E-state index in [9.17, 15) is 18.0 Å². The van der Waals surface area contributed by atoms with E-state index in [1.807, 2.05) is 0 Å². The number of amides is 1. The third kappa shape index (κ3) is 5.54. The maximum absolute atomic E-state index is 12.5. The van der Waals surface area contributed by atoms with Crippen LogP contribution in [0.25, 0.3) is 0 Å². The van der Waals surface area contributed by atoms with Crippen LogP contribution in [0.3, 0.4) is 0 Å². The van der Waals surface area contributed by atoms with E-state index in [-0.39, 0.29) is 22.4 Å². The lowest BCUT2D eigenvalue weighted by Gasteiger charge is -2.24. The smallest absolute Gasteiger partial charge is 0.338 e. The van der Waals surface area contributed by atoms with E-state index in [1.165, 1.54) is 41.9 Å². The number of carbonyl (C=O) groups is 2. The zero-order valence-electron chi connectivity index (χ0n) is 16.8. The van der Waals surface area contributed by atoms with Gasteiger partial charge in [-0.25, -0.2) is 13.2 Å². The second-order valence-electron chi connectivity index (χ2n) is 7.00. The molecular weight excluding hydrogens is 380 g/mol. The van der Waals surface area contributed by atoms with E-state index in [2.05, 4.69) is 5.32 Å². The first-order valence-corrected chi connectivity index (χ1v) is 11.3. The first-order chi connectivity index (χ1) is 13.3. The Hall–Kier alpha value is -1.93. The highest BCUT2D eigenvalue weighted by Crippen LogP contribution is 2.18. The van der Waals surface area contributed by atoms with Crippen molar-refractivity contribution >= 4 is 21.9 Å². The Morgan fingerprint density at radius 3 is 2.21 bits per heavy atom. The van der Waals surface area contributed by atoms with Crippen molar-refractivity contribution in [2.24, 2.45) is 0 Å². The lowest BCUT2D eigenvalue weighted by Crippen LogP contribution is -2.42. The Kier molecular flexibility index (Phi) is 8.00. The summed E-state index contributed by atoms with van der Waals surface area (Å²) in [4.78, 5) is 24.6. The SMILES string of the molecule is CCN(CC)S(=O)(=O)c1ccc(C(=O)O[C@H](C)C(=O)NC2CCCCC2)cc1. The molecule has 28 heavy (non-hydrogen) atoms. The van der Waals surface area contributed by atoms with E-state index in [1.54, 1.807) is 13.8 Å². The highest BCUT2D eigenvalue weighted by molar-refractivity contribution is 7.89. The Labute approximate surface area is 167 Å². The van der Waals surface area contributed by atoms with E-state index in [4.69, 9.17) is 4.74 Å². The standard InChI is InChI=1S/C20H30N2O5S/c1-4-22(5-2)28(25,26)18-13-11-16(12-14-18)20(24)27-15(3)19(23)21-17-9-7-6-8-10-17/h11-15,17H,4-10H2,1-3H3,(H,21,23)/t15-/m1/s1. The minimum absolute atomic E-state index is 0.121. The molecule has 1 aliphatic carbocycles. The van der Waals surface area contributed by atoms with Gasteiger partial charge < -0.3 is 10.1 Å². The predicted octanol–water partition coefficient (Wildman–Crippen LogP) is 2.71. The van der Waals surface area contributed by atoms with Crippen molar-refractivity contribution in [3.63, 3.8) is 0 Å². The predicted molar refractivity (Wildman–Crippen MR) is 106 cm³/mol. The van der Waals surface area contributed by atoms with E-state index < -0.39 is 22.1 Å². The van der Waals surface area contributed by atoms with Crippen LogP contribution in [0.4, 0.5) is 0 Å². The molecular formula is C20H30N2O5S. The van der Waals surface area contributed by atoms with Crippen molar-refractivity contribution in [1.29, 1.82) is 0 Å². The van der Waals surface area contributed by atoms with Crippen LogP contribution in [0, 0.1) is 0 Å². The van der Waals surface area contributed by atoms with Gasteiger partial charge in [-0.2, -0.15) is 4.31 Å². The van der Waals surface area contributed by atoms with Crippen molar-refractivity contribution in [1.82, 2.24) is 9.62 Å². The molecule has 1 aromatic rings. The first-order valence-electron chi connectivity index (χ1n) is 9.91. The van der Waals surface area contributed by atoms with E-state index in [0.29, 0.717) is 13.1 Å². The Bertz CT molecular complexity index is 766. The molecule has 0 aliphatic heterocycles. The minimum atomic E-state index is -3.58. The minimum Gasteiger partial charge on any atom is -0.449 e. The maximum atomic E-state index is 12.5. The lowest BCUT2D eigenvalue weighted by atomic mass is 9.95. The molecule has 0 bridgehead atoms. The fourth-order valence-corrected chi connectivity index (χ4v) is 4.78. The van der Waals surface area contributed by atoms with Crippen molar-refractivity contribution in [3.8, 4) is 0 Å². The van der Waals surface area contributed by atoms with Gasteiger partial charge in [-0.05, 0) is 44.0 Å². The average Bonchev–Trinajstić information content (AvgIpc) is 2.69. The van der Waals surface area contributed by atoms with Crippen molar-refractivity contribution in [2.75, 3.05) is 13.1 Å². The number of ether oxygens (including phenoxy) is 1. The summed E-state index contributed by atoms with van der Waals surface area (Å²) in [6, 6.07) is 5.73. The largest absolute Gasteiger partial charge is 0.449 e. The molecule has 0 unspecified atom stereocenters. The number of hydrogen-bond donors (Lipinski definition) is 1. The summed E-state index contributed by atoms with van der Waals surface area (Å²) in [6.45, 7) is 5.82. The van der Waals surface area contributed by atoms with Crippen LogP contribution in [0.1, 0.15) is 63.2 Å². The number of rotatable bonds is 8. The molecule has 8 heteroatoms. The molecule has 0 spiro atoms. The van der Waals surface area contributed by atoms with Gasteiger partial charge in [0.2, 0.25) is 10.0 Å². The van der Waals surface area contributed by atoms with Gasteiger partial charge >= 0.3 is 5.97 Å². The molecule has 2 rings (SSSR count). The molecule has 1 amide bonds. The fraction of sp³-hybridized carbons (Fsp3) is 0.600. The third-order valence-electron chi connectivity index (χ3n) is 5.04. The number of hydrogen-bond acceptors (Lipinski definition) is 5. The van der Waals surface area contributed by atoms with Gasteiger partial charge in [0.15, 0.2) is 6.10 Å². The molecule has 7 nitrogen and oxygen atoms in total. The normalized spacial score (nSPS) is 16.6. The number of benzene rings is 1. The maximum Gasteiger partial charge on any atom is 0.338 e. The highest BCUT2D eigenvalue weighted by Gasteiger charge is 2.24. The van der Waals surface area contributed by atoms with Gasteiger partial charge in [0, 0.05) is 19.1 Å². The lowest BCUT2D eigenvalue weighted by molar-refractivity contribution is -0.130. The first kappa shape index (κ1) is 22.4. The van der Waals surface area contributed by atoms with Crippen LogP contribution in [-0.2, 0) is 19.6 Å². The second kappa shape index (κ2) is 10.0. The topological polar surface area (TPSA) is 92.8 Å². The van der Waals surface area contributed by atoms with Crippen molar-refractivity contribution in [3.05, 3.63) is 29.8 Å². The van der Waals surface area contributed by atoms with Crippen LogP contribution < -0.4 is 5.32 Å². The van der Waals surface area contributed by atoms with Crippen LogP contribution in [0.2, 0.25) is 0 Å². The average molecular weight is 411 g/mol. The van der Waals surface area contributed by atoms with Gasteiger partial charge in [0.1, 0.15) is 0 Å². The molecule has 1 aliphatic rings. The third-order valence-corrected chi connectivity index (χ3v) is 7.10. The number of nitrogens with zero attached hydrogens (tertiary/aromatic N) is 1. The van der Waals surface area contributed by atoms with E-state index in [0.717, 1.165) is 25.7 Å². The summed E-state index contributed by atoms with van der Waals surface area (Å²) in [5.41, 5.74) is 0.204. The van der Waals surface area contributed by atoms with Crippen molar-refractivity contribution in [2.45, 2.75) is 69.9 Å². The zero-order valence-corrected chi connectivity index (χ0v) is 17.6. The molecule has 0 radical (unpaired) electrons. The molecule has 0 heterocycles. The Balaban J connectivity index is 1.97. The van der Waals surface area contributed by atoms with Crippen molar-refractivity contribution < 1.29 is 22.7 Å². The fourth-order valence-electron chi connectivity index (χ4n) is 3.32. The highest BCUT2D eigenvalue weighted by atomic mass is 32.2. The molecule has 1 N–H and O–H groups in total. The molecule has 156 valence electrons. The van der Waals surface area contributed by atoms with Crippen LogP contribution in [-0.4, -0.2) is 49.8 Å². The summed E-state index contributed by atoms with van der Waals surface area (Å²) in [5.74, 6) is -0.959. The molecule has 1 atom stereocenters. The van der Waals surface area contributed by atoms with Gasteiger partial charge in [-0.3, -0.25) is 4.79 Å². The van der Waals surface area contributed by atoms with Gasteiger partial charge in [0.05, 0.1) is 10.5 Å². The number of esters is 1. The number of nitrogens with one attached hydrogen (secondary N) is 1. The Morgan fingerprint density at radius 1 is 1.11 bits per heavy atom. The molecule has 1 saturated carbocycles. The number of carbonyl (C=O) groups excluding carboxylic acids is 2. The molecule has 0 saturated heterocycles. The quantitative estimate of drug-likeness (QED) is 0.665. The zero-order chi connectivity index (χ0) is 20.7. The summed E-state index contributed by atoms with van der Waals surface area (Å²) >= 11 is 0. The summed E-state index contributed by atoms with van der Waals surface area (Å²) in [5, 5.41) is 2.93. The van der Waals surface area contributed by atoms with E-state index >= 15 is 0 Å². The van der Waals surface area contributed by atoms with Crippen LogP contribution >= 0.6 is 0 Å². The van der Waals surface area contributed by atoms with Crippen LogP contribution in [0.5, 0.6) is 0 Å². The van der Waals surface area contributed by atoms with Crippen LogP contribution in [0.15, 0.2) is 29.2 Å². The monoisotopic (exact) mass is 410 g/mol. The molecule has 1 fully saturated rings. The summed E-state index contributed by atoms with van der Waals surface area (Å²) < 4.78 is 31.6.